The number of alkyl carbamates (subject to hydrolysis) is 2. The summed E-state index contributed by atoms with van der Waals surface area (Å²) in [6, 6.07) is 9.08. The van der Waals surface area contributed by atoms with Crippen molar-refractivity contribution in [2.24, 2.45) is 17.3 Å². The van der Waals surface area contributed by atoms with Gasteiger partial charge in [-0.25, -0.2) is 19.6 Å². The standard InChI is InChI=1S/C55H68N10O6/c1-29(2)45(60-53(68)70-5)51(66)64-23-9-11-41(64)49-56-28-40(59-49)34-18-19-35(37-27-55(26-36(34)37)21-7-8-22-55)48-44-32-15-13-31(14-16-32)43(44)47(62-63-48)33-17-20-38-39(25-33)58-50(57-38)42-12-10-24-65(42)52(67)46(30(3)4)61-54(69)71-6/h17-20,25,28-32,41-42,45-46H,7-16,21-24,26-27H2,1-6H3,(H,56,59)(H,57,58)(H,60,68)(H,61,69). The molecule has 2 bridgehead atoms. The Labute approximate surface area is 415 Å². The summed E-state index contributed by atoms with van der Waals surface area (Å²) in [5.41, 5.74) is 13.8. The van der Waals surface area contributed by atoms with Crippen LogP contribution in [0, 0.1) is 17.3 Å². The second-order valence-corrected chi connectivity index (χ2v) is 22.1. The molecule has 0 radical (unpaired) electrons. The number of methoxy groups -OCH3 is 2. The summed E-state index contributed by atoms with van der Waals surface area (Å²) in [5, 5.41) is 16.0. The highest BCUT2D eigenvalue weighted by atomic mass is 16.5. The monoisotopic (exact) mass is 965 g/mol. The highest BCUT2D eigenvalue weighted by molar-refractivity contribution is 5.88. The third-order valence-electron chi connectivity index (χ3n) is 17.2. The van der Waals surface area contributed by atoms with Gasteiger partial charge in [0.05, 0.1) is 60.6 Å². The maximum absolute atomic E-state index is 14.0. The average molecular weight is 965 g/mol. The van der Waals surface area contributed by atoms with E-state index >= 15 is 0 Å². The number of ether oxygens (including phenoxy) is 2. The van der Waals surface area contributed by atoms with Crippen molar-refractivity contribution in [3.05, 3.63) is 70.4 Å². The summed E-state index contributed by atoms with van der Waals surface area (Å²) in [5.74, 6) is 1.86. The van der Waals surface area contributed by atoms with E-state index in [1.165, 1.54) is 73.3 Å². The number of benzene rings is 2. The van der Waals surface area contributed by atoms with Crippen LogP contribution in [0.2, 0.25) is 0 Å². The van der Waals surface area contributed by atoms with E-state index in [9.17, 15) is 19.2 Å². The van der Waals surface area contributed by atoms with Crippen molar-refractivity contribution in [2.45, 2.75) is 154 Å². The Morgan fingerprint density at radius 2 is 1.23 bits per heavy atom. The van der Waals surface area contributed by atoms with Crippen LogP contribution < -0.4 is 10.6 Å². The minimum Gasteiger partial charge on any atom is -0.453 e. The maximum atomic E-state index is 14.0. The van der Waals surface area contributed by atoms with E-state index in [-0.39, 0.29) is 41.1 Å². The number of nitrogens with zero attached hydrogens (tertiary/aromatic N) is 6. The van der Waals surface area contributed by atoms with Crippen molar-refractivity contribution in [1.82, 2.24) is 50.6 Å². The Morgan fingerprint density at radius 1 is 0.676 bits per heavy atom. The van der Waals surface area contributed by atoms with Crippen LogP contribution in [0.4, 0.5) is 9.59 Å². The summed E-state index contributed by atoms with van der Waals surface area (Å²) in [6.07, 6.45) is 15.6. The summed E-state index contributed by atoms with van der Waals surface area (Å²) in [4.78, 5) is 73.4. The van der Waals surface area contributed by atoms with Crippen molar-refractivity contribution in [1.29, 1.82) is 0 Å². The molecule has 2 aliphatic heterocycles. The van der Waals surface area contributed by atoms with Gasteiger partial charge in [0.25, 0.3) is 0 Å². The fraction of sp³-hybridized carbons (Fsp3) is 0.564. The van der Waals surface area contributed by atoms with Crippen LogP contribution in [0.15, 0.2) is 36.5 Å². The molecule has 1 spiro atoms. The molecule has 12 rings (SSSR count). The van der Waals surface area contributed by atoms with E-state index in [2.05, 4.69) is 50.9 Å². The van der Waals surface area contributed by atoms with Crippen molar-refractivity contribution < 1.29 is 28.7 Å². The normalized spacial score (nSPS) is 22.9. The van der Waals surface area contributed by atoms with Gasteiger partial charge in [0.1, 0.15) is 23.7 Å². The molecule has 7 aliphatic rings. The van der Waals surface area contributed by atoms with Crippen LogP contribution in [0.5, 0.6) is 0 Å². The smallest absolute Gasteiger partial charge is 0.407 e. The first kappa shape index (κ1) is 47.0. The quantitative estimate of drug-likeness (QED) is 0.0988. The molecule has 5 aromatic rings. The van der Waals surface area contributed by atoms with Crippen LogP contribution in [0.3, 0.4) is 0 Å². The first-order chi connectivity index (χ1) is 34.3. The molecular weight excluding hydrogens is 897 g/mol. The number of hydrogen-bond acceptors (Lipinski definition) is 10. The van der Waals surface area contributed by atoms with E-state index in [1.54, 1.807) is 0 Å². The molecule has 16 nitrogen and oxygen atoms in total. The third kappa shape index (κ3) is 8.32. The lowest BCUT2D eigenvalue weighted by Gasteiger charge is -2.40. The van der Waals surface area contributed by atoms with Gasteiger partial charge < -0.3 is 39.9 Å². The molecule has 4 fully saturated rings. The number of amides is 4. The number of H-pyrrole nitrogens is 2. The number of carbonyl (C=O) groups is 4. The van der Waals surface area contributed by atoms with Crippen LogP contribution in [0.1, 0.15) is 163 Å². The van der Waals surface area contributed by atoms with Gasteiger partial charge in [-0.05, 0) is 141 Å². The number of fused-ring (bicyclic) bond motifs is 4. The predicted octanol–water partition coefficient (Wildman–Crippen LogP) is 9.58. The summed E-state index contributed by atoms with van der Waals surface area (Å²) >= 11 is 0. The SMILES string of the molecule is COC(=O)NC(C(=O)N1CCCC1c1ncc(-c2ccc(-c3nnc(-c4ccc5nc(C6CCCN6C(=O)C(NC(=O)OC)C(C)C)[nH]c5c4)c4c3C3CCC4CC3)c3c2CC2(CCCC2)C3)[nH]1)C(C)C. The zero-order valence-corrected chi connectivity index (χ0v) is 42.0. The van der Waals surface area contributed by atoms with Gasteiger partial charge >= 0.3 is 12.2 Å². The first-order valence-corrected chi connectivity index (χ1v) is 26.3. The van der Waals surface area contributed by atoms with Gasteiger partial charge in [-0.2, -0.15) is 0 Å². The fourth-order valence-corrected chi connectivity index (χ4v) is 13.6. The second-order valence-electron chi connectivity index (χ2n) is 22.1. The molecule has 374 valence electrons. The van der Waals surface area contributed by atoms with E-state index < -0.39 is 24.3 Å². The number of hydrogen-bond donors (Lipinski definition) is 4. The van der Waals surface area contributed by atoms with E-state index in [0.717, 1.165) is 110 Å². The number of likely N-dealkylation sites (tertiary alicyclic amines) is 2. The summed E-state index contributed by atoms with van der Waals surface area (Å²) in [7, 11) is 2.62. The van der Waals surface area contributed by atoms with Crippen LogP contribution in [-0.2, 0) is 31.9 Å². The molecule has 3 aromatic heterocycles. The molecule has 5 aliphatic carbocycles. The number of rotatable bonds is 11. The Kier molecular flexibility index (Phi) is 12.4. The first-order valence-electron chi connectivity index (χ1n) is 26.3. The Bertz CT molecular complexity index is 2890. The lowest BCUT2D eigenvalue weighted by atomic mass is 9.65. The lowest BCUT2D eigenvalue weighted by molar-refractivity contribution is -0.136. The van der Waals surface area contributed by atoms with E-state index in [1.807, 2.05) is 43.7 Å². The van der Waals surface area contributed by atoms with Gasteiger partial charge in [-0.15, -0.1) is 10.2 Å². The zero-order valence-electron chi connectivity index (χ0n) is 42.0. The highest BCUT2D eigenvalue weighted by Gasteiger charge is 2.45. The maximum Gasteiger partial charge on any atom is 0.407 e. The van der Waals surface area contributed by atoms with E-state index in [4.69, 9.17) is 29.6 Å². The Morgan fingerprint density at radius 3 is 1.82 bits per heavy atom. The average Bonchev–Trinajstić information content (AvgIpc) is 4.26. The molecule has 71 heavy (non-hydrogen) atoms. The van der Waals surface area contributed by atoms with Crippen LogP contribution in [-0.4, -0.2) is 103 Å². The number of nitrogens with one attached hydrogen (secondary N) is 4. The highest BCUT2D eigenvalue weighted by Crippen LogP contribution is 2.57. The Hall–Kier alpha value is -6.32. The third-order valence-corrected chi connectivity index (χ3v) is 17.2. The molecule has 16 heteroatoms. The van der Waals surface area contributed by atoms with Gasteiger partial charge in [0.15, 0.2) is 0 Å². The zero-order chi connectivity index (χ0) is 49.3. The molecule has 4 N–H and O–H groups in total. The number of aromatic nitrogens is 6. The van der Waals surface area contributed by atoms with Crippen molar-refractivity contribution in [2.75, 3.05) is 27.3 Å². The van der Waals surface area contributed by atoms with Crippen LogP contribution in [0.25, 0.3) is 44.8 Å². The topological polar surface area (TPSA) is 200 Å². The second kappa shape index (κ2) is 18.7. The number of imidazole rings is 2. The van der Waals surface area contributed by atoms with E-state index in [0.29, 0.717) is 24.9 Å². The number of aromatic amines is 2. The Balaban J connectivity index is 0.924. The molecular formula is C55H68N10O6. The molecule has 2 saturated heterocycles. The van der Waals surface area contributed by atoms with Crippen LogP contribution >= 0.6 is 0 Å². The molecule has 4 amide bonds. The van der Waals surface area contributed by atoms with Gasteiger partial charge in [0.2, 0.25) is 11.8 Å². The largest absolute Gasteiger partial charge is 0.453 e. The van der Waals surface area contributed by atoms with Gasteiger partial charge in [-0.3, -0.25) is 9.59 Å². The molecule has 2 aromatic carbocycles. The number of carbonyl (C=O) groups excluding carboxylic acids is 4. The minimum absolute atomic E-state index is 0.112. The van der Waals surface area contributed by atoms with Gasteiger partial charge in [0, 0.05) is 29.8 Å². The summed E-state index contributed by atoms with van der Waals surface area (Å²) < 4.78 is 9.71. The fourth-order valence-electron chi connectivity index (χ4n) is 13.6. The van der Waals surface area contributed by atoms with Crippen molar-refractivity contribution in [3.63, 3.8) is 0 Å². The minimum atomic E-state index is -0.703. The van der Waals surface area contributed by atoms with Crippen molar-refractivity contribution >= 4 is 35.0 Å². The van der Waals surface area contributed by atoms with Gasteiger partial charge in [-0.1, -0.05) is 58.7 Å². The predicted molar refractivity (Wildman–Crippen MR) is 268 cm³/mol. The lowest BCUT2D eigenvalue weighted by Crippen LogP contribution is -2.51. The molecule has 2 saturated carbocycles. The molecule has 4 atom stereocenters. The molecule has 5 heterocycles. The van der Waals surface area contributed by atoms with Crippen molar-refractivity contribution in [3.8, 4) is 33.8 Å². The molecule has 4 unspecified atom stereocenters. The summed E-state index contributed by atoms with van der Waals surface area (Å²) in [6.45, 7) is 8.91.